The van der Waals surface area contributed by atoms with Crippen molar-refractivity contribution in [2.24, 2.45) is 10.9 Å². The first-order valence-corrected chi connectivity index (χ1v) is 9.53. The minimum Gasteiger partial charge on any atom is -0.496 e. The van der Waals surface area contributed by atoms with Crippen LogP contribution in [0.1, 0.15) is 42.7 Å². The summed E-state index contributed by atoms with van der Waals surface area (Å²) in [4.78, 5) is 18.0. The molecule has 4 rings (SSSR count). The van der Waals surface area contributed by atoms with Gasteiger partial charge in [0.2, 0.25) is 0 Å². The molecule has 140 valence electrons. The van der Waals surface area contributed by atoms with Crippen LogP contribution in [0.2, 0.25) is 0 Å². The summed E-state index contributed by atoms with van der Waals surface area (Å²) in [5, 5.41) is 9.86. The van der Waals surface area contributed by atoms with Gasteiger partial charge < -0.3 is 4.74 Å². The molecule has 1 heterocycles. The first-order valence-electron chi connectivity index (χ1n) is 9.53. The molecule has 0 amide bonds. The molecule has 1 aliphatic heterocycles. The third kappa shape index (κ3) is 3.03. The van der Waals surface area contributed by atoms with Crippen LogP contribution in [0.4, 0.5) is 0 Å². The molecule has 0 saturated carbocycles. The summed E-state index contributed by atoms with van der Waals surface area (Å²) in [6.07, 6.45) is 1.16. The summed E-state index contributed by atoms with van der Waals surface area (Å²) in [5.41, 5.74) is 4.31. The van der Waals surface area contributed by atoms with Gasteiger partial charge in [-0.2, -0.15) is 5.26 Å². The lowest BCUT2D eigenvalue weighted by Crippen LogP contribution is -2.32. The van der Waals surface area contributed by atoms with Crippen LogP contribution < -0.4 is 4.74 Å². The molecule has 2 aromatic rings. The van der Waals surface area contributed by atoms with Crippen molar-refractivity contribution >= 4 is 11.5 Å². The molecule has 0 fully saturated rings. The minimum absolute atomic E-state index is 0.0857. The fourth-order valence-corrected chi connectivity index (χ4v) is 4.45. The number of allylic oxidation sites excluding steroid dienone is 2. The van der Waals surface area contributed by atoms with E-state index in [0.29, 0.717) is 24.2 Å². The first-order chi connectivity index (χ1) is 13.6. The van der Waals surface area contributed by atoms with Crippen molar-refractivity contribution in [3.8, 4) is 11.8 Å². The summed E-state index contributed by atoms with van der Waals surface area (Å²) in [6.45, 7) is 1.89. The van der Waals surface area contributed by atoms with Gasteiger partial charge in [0.25, 0.3) is 0 Å². The maximum absolute atomic E-state index is 13.3. The number of hydrogen-bond donors (Lipinski definition) is 0. The predicted molar refractivity (Wildman–Crippen MR) is 108 cm³/mol. The van der Waals surface area contributed by atoms with Crippen molar-refractivity contribution in [1.82, 2.24) is 0 Å². The SMILES string of the molecule is COc1ccccc1[C@H]1C2=C(C[C@H](c3ccccc3)CC2=O)N=C(C)C1C#N. The molecule has 3 atom stereocenters. The second-order valence-corrected chi connectivity index (χ2v) is 7.38. The van der Waals surface area contributed by atoms with Crippen LogP contribution in [0.15, 0.2) is 70.9 Å². The maximum Gasteiger partial charge on any atom is 0.161 e. The Morgan fingerprint density at radius 3 is 2.50 bits per heavy atom. The highest BCUT2D eigenvalue weighted by Crippen LogP contribution is 2.48. The lowest BCUT2D eigenvalue weighted by Gasteiger charge is -2.35. The number of para-hydroxylation sites is 1. The number of ether oxygens (including phenoxy) is 1. The van der Waals surface area contributed by atoms with Crippen LogP contribution in [-0.2, 0) is 4.79 Å². The molecule has 1 aliphatic carbocycles. The predicted octanol–water partition coefficient (Wildman–Crippen LogP) is 4.79. The van der Waals surface area contributed by atoms with E-state index in [9.17, 15) is 10.1 Å². The van der Waals surface area contributed by atoms with E-state index in [1.165, 1.54) is 0 Å². The zero-order valence-corrected chi connectivity index (χ0v) is 16.1. The molecule has 0 N–H and O–H groups in total. The number of rotatable bonds is 3. The van der Waals surface area contributed by atoms with Gasteiger partial charge in [-0.05, 0) is 30.9 Å². The number of hydrogen-bond acceptors (Lipinski definition) is 4. The molecule has 1 unspecified atom stereocenters. The van der Waals surface area contributed by atoms with Crippen molar-refractivity contribution < 1.29 is 9.53 Å². The van der Waals surface area contributed by atoms with Crippen LogP contribution in [0, 0.1) is 17.2 Å². The van der Waals surface area contributed by atoms with Crippen LogP contribution in [0.3, 0.4) is 0 Å². The molecular formula is C24H22N2O2. The van der Waals surface area contributed by atoms with E-state index >= 15 is 0 Å². The highest BCUT2D eigenvalue weighted by Gasteiger charge is 2.42. The Morgan fingerprint density at radius 1 is 1.07 bits per heavy atom. The highest BCUT2D eigenvalue weighted by atomic mass is 16.5. The second kappa shape index (κ2) is 7.44. The number of carbonyl (C=O) groups is 1. The van der Waals surface area contributed by atoms with E-state index in [2.05, 4.69) is 18.2 Å². The molecular weight excluding hydrogens is 348 g/mol. The Hall–Kier alpha value is -3.19. The molecule has 0 aromatic heterocycles. The molecule has 28 heavy (non-hydrogen) atoms. The Balaban J connectivity index is 1.83. The molecule has 0 bridgehead atoms. The van der Waals surface area contributed by atoms with Gasteiger partial charge in [-0.15, -0.1) is 0 Å². The topological polar surface area (TPSA) is 62.4 Å². The van der Waals surface area contributed by atoms with Crippen molar-refractivity contribution in [2.45, 2.75) is 31.6 Å². The van der Waals surface area contributed by atoms with Gasteiger partial charge in [-0.25, -0.2) is 0 Å². The Bertz CT molecular complexity index is 1010. The number of aliphatic imine (C=N–C) groups is 1. The van der Waals surface area contributed by atoms with E-state index in [0.717, 1.165) is 22.5 Å². The standard InChI is InChI=1S/C24H22N2O2/c1-15-19(14-25)23(18-10-6-7-11-22(18)28-2)24-20(26-15)12-17(13-21(24)27)16-8-4-3-5-9-16/h3-11,17,19,23H,12-13H2,1-2H3/t17-,19?,23+/m0/s1. The summed E-state index contributed by atoms with van der Waals surface area (Å²) in [6, 6.07) is 20.2. The van der Waals surface area contributed by atoms with Gasteiger partial charge in [0.1, 0.15) is 5.75 Å². The van der Waals surface area contributed by atoms with E-state index < -0.39 is 5.92 Å². The number of ketones is 1. The van der Waals surface area contributed by atoms with Crippen LogP contribution >= 0.6 is 0 Å². The van der Waals surface area contributed by atoms with Crippen molar-refractivity contribution in [1.29, 1.82) is 5.26 Å². The Kier molecular flexibility index (Phi) is 4.83. The van der Waals surface area contributed by atoms with Gasteiger partial charge in [0.05, 0.1) is 19.1 Å². The van der Waals surface area contributed by atoms with E-state index in [4.69, 9.17) is 9.73 Å². The van der Waals surface area contributed by atoms with E-state index in [1.54, 1.807) is 7.11 Å². The fourth-order valence-electron chi connectivity index (χ4n) is 4.45. The normalized spacial score (nSPS) is 24.2. The monoisotopic (exact) mass is 370 g/mol. The largest absolute Gasteiger partial charge is 0.496 e. The van der Waals surface area contributed by atoms with Gasteiger partial charge >= 0.3 is 0 Å². The molecule has 0 spiro atoms. The van der Waals surface area contributed by atoms with Gasteiger partial charge in [0, 0.05) is 34.9 Å². The van der Waals surface area contributed by atoms with Crippen LogP contribution in [-0.4, -0.2) is 18.6 Å². The van der Waals surface area contributed by atoms with Crippen LogP contribution in [0.5, 0.6) is 5.75 Å². The first kappa shape index (κ1) is 18.2. The minimum atomic E-state index is -0.465. The number of nitrogens with zero attached hydrogens (tertiary/aromatic N) is 2. The molecule has 4 heteroatoms. The number of carbonyl (C=O) groups excluding carboxylic acids is 1. The molecule has 4 nitrogen and oxygen atoms in total. The lowest BCUT2D eigenvalue weighted by molar-refractivity contribution is -0.116. The van der Waals surface area contributed by atoms with Crippen LogP contribution in [0.25, 0.3) is 0 Å². The smallest absolute Gasteiger partial charge is 0.161 e. The summed E-state index contributed by atoms with van der Waals surface area (Å²) in [7, 11) is 1.62. The molecule has 2 aliphatic rings. The van der Waals surface area contributed by atoms with Crippen molar-refractivity contribution in [3.63, 3.8) is 0 Å². The summed E-state index contributed by atoms with van der Waals surface area (Å²) >= 11 is 0. The second-order valence-electron chi connectivity index (χ2n) is 7.38. The van der Waals surface area contributed by atoms with Crippen molar-refractivity contribution in [3.05, 3.63) is 77.0 Å². The van der Waals surface area contributed by atoms with E-state index in [-0.39, 0.29) is 17.6 Å². The zero-order chi connectivity index (χ0) is 19.7. The van der Waals surface area contributed by atoms with Gasteiger partial charge in [-0.1, -0.05) is 48.5 Å². The fraction of sp³-hybridized carbons (Fsp3) is 0.292. The number of nitriles is 1. The average molecular weight is 370 g/mol. The highest BCUT2D eigenvalue weighted by molar-refractivity contribution is 6.03. The van der Waals surface area contributed by atoms with Gasteiger partial charge in [0.15, 0.2) is 5.78 Å². The van der Waals surface area contributed by atoms with E-state index in [1.807, 2.05) is 49.4 Å². The number of Topliss-reactive ketones (excluding diaryl/α,β-unsaturated/α-hetero) is 1. The van der Waals surface area contributed by atoms with Crippen molar-refractivity contribution in [2.75, 3.05) is 7.11 Å². The van der Waals surface area contributed by atoms with Gasteiger partial charge in [-0.3, -0.25) is 9.79 Å². The third-order valence-electron chi connectivity index (χ3n) is 5.77. The third-order valence-corrected chi connectivity index (χ3v) is 5.77. The molecule has 0 radical (unpaired) electrons. The lowest BCUT2D eigenvalue weighted by atomic mass is 9.69. The molecule has 0 saturated heterocycles. The average Bonchev–Trinajstić information content (AvgIpc) is 2.73. The molecule has 2 aromatic carbocycles. The Labute approximate surface area is 165 Å². The number of methoxy groups -OCH3 is 1. The Morgan fingerprint density at radius 2 is 1.79 bits per heavy atom. The maximum atomic E-state index is 13.3. The summed E-state index contributed by atoms with van der Waals surface area (Å²) in [5.74, 6) is 0.112. The zero-order valence-electron chi connectivity index (χ0n) is 16.1. The number of benzene rings is 2. The summed E-state index contributed by atoms with van der Waals surface area (Å²) < 4.78 is 5.55. The quantitative estimate of drug-likeness (QED) is 0.780.